The summed E-state index contributed by atoms with van der Waals surface area (Å²) in [6.07, 6.45) is 0. The largest absolute Gasteiger partial charge is 0.339 e. The molecule has 136 valence electrons. The first kappa shape index (κ1) is 18.1. The fourth-order valence-corrected chi connectivity index (χ4v) is 2.99. The smallest absolute Gasteiger partial charge is 0.272 e. The lowest BCUT2D eigenvalue weighted by Crippen LogP contribution is -2.50. The van der Waals surface area contributed by atoms with Gasteiger partial charge in [-0.15, -0.1) is 0 Å². The lowest BCUT2D eigenvalue weighted by atomic mass is 10.2. The normalized spacial score (nSPS) is 14.3. The number of halogens is 1. The van der Waals surface area contributed by atoms with Gasteiger partial charge in [0.1, 0.15) is 5.69 Å². The Morgan fingerprint density at radius 2 is 1.73 bits per heavy atom. The molecule has 1 fully saturated rings. The van der Waals surface area contributed by atoms with Gasteiger partial charge >= 0.3 is 0 Å². The minimum absolute atomic E-state index is 0.0289. The van der Waals surface area contributed by atoms with Gasteiger partial charge in [0.05, 0.1) is 10.7 Å². The van der Waals surface area contributed by atoms with Crippen molar-refractivity contribution < 1.29 is 9.59 Å². The number of aryl methyl sites for hydroxylation is 1. The minimum atomic E-state index is -0.166. The van der Waals surface area contributed by atoms with Gasteiger partial charge in [0.25, 0.3) is 5.91 Å². The molecule has 1 aromatic carbocycles. The van der Waals surface area contributed by atoms with Crippen LogP contribution < -0.4 is 5.32 Å². The van der Waals surface area contributed by atoms with Crippen LogP contribution in [0.15, 0.2) is 30.3 Å². The van der Waals surface area contributed by atoms with Gasteiger partial charge in [-0.2, -0.15) is 0 Å². The van der Waals surface area contributed by atoms with Gasteiger partial charge in [-0.25, -0.2) is 9.97 Å². The minimum Gasteiger partial charge on any atom is -0.339 e. The first-order valence-electron chi connectivity index (χ1n) is 8.36. The molecule has 1 saturated heterocycles. The number of hydrogen-bond acceptors (Lipinski definition) is 5. The molecule has 0 unspecified atom stereocenters. The molecular weight excluding hydrogens is 354 g/mol. The van der Waals surface area contributed by atoms with Gasteiger partial charge in [0.2, 0.25) is 11.9 Å². The van der Waals surface area contributed by atoms with Crippen molar-refractivity contribution in [3.63, 3.8) is 0 Å². The molecule has 7 nitrogen and oxygen atoms in total. The topological polar surface area (TPSA) is 78.4 Å². The molecule has 0 atom stereocenters. The zero-order valence-corrected chi connectivity index (χ0v) is 15.5. The number of amides is 2. The van der Waals surface area contributed by atoms with Crippen molar-refractivity contribution in [1.82, 2.24) is 19.8 Å². The Morgan fingerprint density at radius 3 is 2.38 bits per heavy atom. The predicted molar refractivity (Wildman–Crippen MR) is 99.7 cm³/mol. The van der Waals surface area contributed by atoms with Gasteiger partial charge < -0.3 is 15.1 Å². The number of carbonyl (C=O) groups excluding carboxylic acids is 2. The fraction of sp³-hybridized carbons (Fsp3) is 0.333. The summed E-state index contributed by atoms with van der Waals surface area (Å²) in [5.74, 6) is 0.186. The van der Waals surface area contributed by atoms with Crippen LogP contribution in [0, 0.1) is 6.92 Å². The van der Waals surface area contributed by atoms with Crippen molar-refractivity contribution in [2.45, 2.75) is 13.8 Å². The summed E-state index contributed by atoms with van der Waals surface area (Å²) in [4.78, 5) is 36.3. The maximum atomic E-state index is 12.8. The van der Waals surface area contributed by atoms with Crippen molar-refractivity contribution >= 4 is 35.1 Å². The van der Waals surface area contributed by atoms with Gasteiger partial charge in [-0.1, -0.05) is 23.7 Å². The van der Waals surface area contributed by atoms with E-state index in [1.807, 2.05) is 25.1 Å². The summed E-state index contributed by atoms with van der Waals surface area (Å²) in [6.45, 7) is 5.41. The number of hydrogen-bond donors (Lipinski definition) is 1. The Labute approximate surface area is 157 Å². The first-order chi connectivity index (χ1) is 12.4. The summed E-state index contributed by atoms with van der Waals surface area (Å²) in [7, 11) is 0. The Kier molecular flexibility index (Phi) is 5.37. The molecule has 0 spiro atoms. The molecule has 2 heterocycles. The number of piperazine rings is 1. The summed E-state index contributed by atoms with van der Waals surface area (Å²) < 4.78 is 0. The molecule has 0 bridgehead atoms. The molecule has 2 aromatic rings. The van der Waals surface area contributed by atoms with Crippen molar-refractivity contribution in [2.75, 3.05) is 31.5 Å². The van der Waals surface area contributed by atoms with E-state index in [0.717, 1.165) is 0 Å². The molecule has 1 aliphatic rings. The number of anilines is 2. The van der Waals surface area contributed by atoms with Crippen LogP contribution >= 0.6 is 11.6 Å². The van der Waals surface area contributed by atoms with E-state index >= 15 is 0 Å². The van der Waals surface area contributed by atoms with Crippen molar-refractivity contribution in [3.8, 4) is 0 Å². The maximum Gasteiger partial charge on any atom is 0.272 e. The highest BCUT2D eigenvalue weighted by Crippen LogP contribution is 2.23. The zero-order valence-electron chi connectivity index (χ0n) is 14.7. The van der Waals surface area contributed by atoms with E-state index in [0.29, 0.717) is 54.2 Å². The highest BCUT2D eigenvalue weighted by molar-refractivity contribution is 6.33. The number of rotatable bonds is 3. The van der Waals surface area contributed by atoms with Crippen LogP contribution in [-0.4, -0.2) is 57.8 Å². The van der Waals surface area contributed by atoms with Crippen molar-refractivity contribution in [1.29, 1.82) is 0 Å². The molecule has 1 aliphatic heterocycles. The highest BCUT2D eigenvalue weighted by Gasteiger charge is 2.24. The molecule has 26 heavy (non-hydrogen) atoms. The third kappa shape index (κ3) is 4.11. The monoisotopic (exact) mass is 373 g/mol. The van der Waals surface area contributed by atoms with Crippen LogP contribution in [-0.2, 0) is 4.79 Å². The molecular formula is C18H20ClN5O2. The van der Waals surface area contributed by atoms with Crippen LogP contribution in [0.4, 0.5) is 11.6 Å². The number of nitrogens with zero attached hydrogens (tertiary/aromatic N) is 4. The zero-order chi connectivity index (χ0) is 18.7. The van der Waals surface area contributed by atoms with Crippen LogP contribution in [0.3, 0.4) is 0 Å². The average molecular weight is 374 g/mol. The lowest BCUT2D eigenvalue weighted by Gasteiger charge is -2.34. The number of nitrogens with one attached hydrogen (secondary N) is 1. The number of carbonyl (C=O) groups is 2. The van der Waals surface area contributed by atoms with E-state index in [-0.39, 0.29) is 11.8 Å². The average Bonchev–Trinajstić information content (AvgIpc) is 2.62. The summed E-state index contributed by atoms with van der Waals surface area (Å²) in [5, 5.41) is 3.60. The summed E-state index contributed by atoms with van der Waals surface area (Å²) in [6, 6.07) is 8.93. The van der Waals surface area contributed by atoms with Gasteiger partial charge in [0.15, 0.2) is 0 Å². The Morgan fingerprint density at radius 1 is 1.08 bits per heavy atom. The van der Waals surface area contributed by atoms with Gasteiger partial charge in [-0.3, -0.25) is 9.59 Å². The predicted octanol–water partition coefficient (Wildman–Crippen LogP) is 2.49. The van der Waals surface area contributed by atoms with Crippen LogP contribution in [0.25, 0.3) is 0 Å². The van der Waals surface area contributed by atoms with E-state index in [9.17, 15) is 9.59 Å². The molecule has 0 saturated carbocycles. The standard InChI is InChI=1S/C18H20ClN5O2/c1-12-11-16(17(26)24-9-7-23(8-10-24)13(2)25)22-18(20-12)21-15-6-4-3-5-14(15)19/h3-6,11H,7-10H2,1-2H3,(H,20,21,22). The summed E-state index contributed by atoms with van der Waals surface area (Å²) in [5.41, 5.74) is 1.68. The molecule has 3 rings (SSSR count). The lowest BCUT2D eigenvalue weighted by molar-refractivity contribution is -0.130. The van der Waals surface area contributed by atoms with Gasteiger partial charge in [0, 0.05) is 38.8 Å². The third-order valence-corrected chi connectivity index (χ3v) is 4.54. The molecule has 0 radical (unpaired) electrons. The van der Waals surface area contributed by atoms with Crippen LogP contribution in [0.1, 0.15) is 23.1 Å². The van der Waals surface area contributed by atoms with E-state index in [1.54, 1.807) is 21.9 Å². The Bertz CT molecular complexity index is 834. The quantitative estimate of drug-likeness (QED) is 0.894. The SMILES string of the molecule is CC(=O)N1CCN(C(=O)c2cc(C)nc(Nc3ccccc3Cl)n2)CC1. The van der Waals surface area contributed by atoms with E-state index in [2.05, 4.69) is 15.3 Å². The Balaban J connectivity index is 1.76. The molecule has 8 heteroatoms. The second-order valence-electron chi connectivity index (χ2n) is 6.12. The molecule has 0 aliphatic carbocycles. The summed E-state index contributed by atoms with van der Waals surface area (Å²) >= 11 is 6.15. The number of para-hydroxylation sites is 1. The highest BCUT2D eigenvalue weighted by atomic mass is 35.5. The second-order valence-corrected chi connectivity index (χ2v) is 6.53. The van der Waals surface area contributed by atoms with E-state index in [4.69, 9.17) is 11.6 Å². The Hall–Kier alpha value is -2.67. The van der Waals surface area contributed by atoms with Gasteiger partial charge in [-0.05, 0) is 25.1 Å². The molecule has 1 aromatic heterocycles. The van der Waals surface area contributed by atoms with E-state index in [1.165, 1.54) is 6.92 Å². The van der Waals surface area contributed by atoms with Crippen LogP contribution in [0.2, 0.25) is 5.02 Å². The van der Waals surface area contributed by atoms with Crippen LogP contribution in [0.5, 0.6) is 0 Å². The number of benzene rings is 1. The van der Waals surface area contributed by atoms with Crippen molar-refractivity contribution in [3.05, 3.63) is 46.7 Å². The maximum absolute atomic E-state index is 12.8. The second kappa shape index (κ2) is 7.70. The fourth-order valence-electron chi connectivity index (χ4n) is 2.80. The number of aromatic nitrogens is 2. The van der Waals surface area contributed by atoms with E-state index < -0.39 is 0 Å². The third-order valence-electron chi connectivity index (χ3n) is 4.21. The molecule has 1 N–H and O–H groups in total. The van der Waals surface area contributed by atoms with Crippen molar-refractivity contribution in [2.24, 2.45) is 0 Å². The molecule has 2 amide bonds. The first-order valence-corrected chi connectivity index (χ1v) is 8.74.